The fourth-order valence-corrected chi connectivity index (χ4v) is 5.58. The zero-order valence-corrected chi connectivity index (χ0v) is 23.0. The van der Waals surface area contributed by atoms with Crippen LogP contribution in [0.1, 0.15) is 42.2 Å². The number of hydrogen-bond acceptors (Lipinski definition) is 7. The average Bonchev–Trinajstić information content (AvgIpc) is 2.90. The standard InChI is InChI=1S/C30H29N5O3S/c1-19-7-5-8-20(2)28(19)25-16-27-34-29(33-25)35-39(36,37)24-10-6-9-23(15-24)32-17-26(38-27)21-11-13-22(14-12-21)30(3,4)18-31/h5-16,26,32H,17H2,1-4H3,(H,33,34,35). The number of sulfonamides is 1. The molecule has 1 aliphatic heterocycles. The number of anilines is 2. The first-order valence-corrected chi connectivity index (χ1v) is 14.0. The van der Waals surface area contributed by atoms with Crippen molar-refractivity contribution in [2.24, 2.45) is 0 Å². The molecule has 3 aromatic carbocycles. The van der Waals surface area contributed by atoms with Crippen molar-refractivity contribution in [2.45, 2.75) is 44.1 Å². The van der Waals surface area contributed by atoms with Crippen LogP contribution in [0.15, 0.2) is 77.7 Å². The van der Waals surface area contributed by atoms with Crippen LogP contribution in [0.5, 0.6) is 5.88 Å². The highest BCUT2D eigenvalue weighted by molar-refractivity contribution is 7.92. The molecule has 1 aliphatic rings. The molecule has 0 aliphatic carbocycles. The SMILES string of the molecule is Cc1cccc(C)c1-c1cc2nc(n1)NS(=O)(=O)c1cccc(c1)NCC(c1ccc(C(C)(C)C#N)cc1)O2. The molecule has 1 aromatic heterocycles. The molecule has 4 aromatic rings. The minimum absolute atomic E-state index is 0.0750. The van der Waals surface area contributed by atoms with Gasteiger partial charge in [0.2, 0.25) is 11.8 Å². The van der Waals surface area contributed by atoms with Crippen LogP contribution in [0.3, 0.4) is 0 Å². The van der Waals surface area contributed by atoms with E-state index in [2.05, 4.69) is 26.1 Å². The summed E-state index contributed by atoms with van der Waals surface area (Å²) in [7, 11) is -3.95. The third-order valence-electron chi connectivity index (χ3n) is 6.85. The van der Waals surface area contributed by atoms with Crippen LogP contribution in [0.25, 0.3) is 11.3 Å². The van der Waals surface area contributed by atoms with Gasteiger partial charge in [0, 0.05) is 17.3 Å². The molecular weight excluding hydrogens is 510 g/mol. The van der Waals surface area contributed by atoms with Crippen LogP contribution in [0, 0.1) is 25.2 Å². The molecule has 0 radical (unpaired) electrons. The van der Waals surface area contributed by atoms with Crippen molar-refractivity contribution in [3.8, 4) is 23.2 Å². The lowest BCUT2D eigenvalue weighted by Crippen LogP contribution is -2.22. The molecule has 0 amide bonds. The monoisotopic (exact) mass is 539 g/mol. The predicted octanol–water partition coefficient (Wildman–Crippen LogP) is 5.91. The largest absolute Gasteiger partial charge is 0.467 e. The molecule has 0 spiro atoms. The number of hydrogen-bond donors (Lipinski definition) is 2. The highest BCUT2D eigenvalue weighted by Crippen LogP contribution is 2.32. The van der Waals surface area contributed by atoms with Crippen LogP contribution < -0.4 is 14.8 Å². The van der Waals surface area contributed by atoms with Crippen LogP contribution >= 0.6 is 0 Å². The van der Waals surface area contributed by atoms with Crippen molar-refractivity contribution in [3.63, 3.8) is 0 Å². The Morgan fingerprint density at radius 3 is 2.36 bits per heavy atom. The summed E-state index contributed by atoms with van der Waals surface area (Å²) in [6.07, 6.45) is -0.475. The van der Waals surface area contributed by atoms with Crippen molar-refractivity contribution >= 4 is 21.7 Å². The van der Waals surface area contributed by atoms with E-state index in [1.807, 2.05) is 70.2 Å². The number of nitrogens with zero attached hydrogens (tertiary/aromatic N) is 3. The fourth-order valence-electron chi connectivity index (χ4n) is 4.59. The highest BCUT2D eigenvalue weighted by atomic mass is 32.2. The number of nitriles is 1. The maximum Gasteiger partial charge on any atom is 0.264 e. The zero-order valence-electron chi connectivity index (χ0n) is 22.2. The first-order valence-electron chi connectivity index (χ1n) is 12.6. The lowest BCUT2D eigenvalue weighted by Gasteiger charge is -2.23. The van der Waals surface area contributed by atoms with Crippen LogP contribution in [-0.4, -0.2) is 24.9 Å². The van der Waals surface area contributed by atoms with Crippen molar-refractivity contribution in [2.75, 3.05) is 16.6 Å². The predicted molar refractivity (Wildman–Crippen MR) is 151 cm³/mol. The molecule has 0 saturated carbocycles. The van der Waals surface area contributed by atoms with Gasteiger partial charge in [0.15, 0.2) is 0 Å². The van der Waals surface area contributed by atoms with Gasteiger partial charge in [-0.3, -0.25) is 0 Å². The van der Waals surface area contributed by atoms with Gasteiger partial charge in [0.1, 0.15) is 6.10 Å². The number of aryl methyl sites for hydroxylation is 2. The van der Waals surface area contributed by atoms with Crippen molar-refractivity contribution < 1.29 is 13.2 Å². The molecule has 1 atom stereocenters. The molecule has 2 heterocycles. The van der Waals surface area contributed by atoms with Gasteiger partial charge >= 0.3 is 0 Å². The second-order valence-corrected chi connectivity index (χ2v) is 11.8. The molecule has 198 valence electrons. The molecule has 0 saturated heterocycles. The van der Waals surface area contributed by atoms with Crippen LogP contribution in [-0.2, 0) is 15.4 Å². The molecular formula is C30H29N5O3S. The normalized spacial score (nSPS) is 16.3. The van der Waals surface area contributed by atoms with Gasteiger partial charge < -0.3 is 10.1 Å². The van der Waals surface area contributed by atoms with E-state index in [-0.39, 0.29) is 16.7 Å². The minimum atomic E-state index is -3.95. The van der Waals surface area contributed by atoms with Gasteiger partial charge in [-0.2, -0.15) is 10.2 Å². The smallest absolute Gasteiger partial charge is 0.264 e. The molecule has 2 N–H and O–H groups in total. The number of fused-ring (bicyclic) bond motifs is 4. The third-order valence-corrected chi connectivity index (χ3v) is 8.17. The summed E-state index contributed by atoms with van der Waals surface area (Å²) in [5, 5.41) is 12.8. The summed E-state index contributed by atoms with van der Waals surface area (Å²) >= 11 is 0. The van der Waals surface area contributed by atoms with Crippen LogP contribution in [0.4, 0.5) is 11.6 Å². The van der Waals surface area contributed by atoms with Gasteiger partial charge in [-0.25, -0.2) is 18.1 Å². The summed E-state index contributed by atoms with van der Waals surface area (Å²) in [4.78, 5) is 9.11. The Balaban J connectivity index is 1.64. The van der Waals surface area contributed by atoms with E-state index in [1.165, 1.54) is 6.07 Å². The Hall–Kier alpha value is -4.42. The summed E-state index contributed by atoms with van der Waals surface area (Å²) in [6, 6.07) is 24.3. The Bertz CT molecular complexity index is 1670. The summed E-state index contributed by atoms with van der Waals surface area (Å²) in [5.74, 6) is 0.159. The minimum Gasteiger partial charge on any atom is -0.467 e. The topological polar surface area (TPSA) is 117 Å². The summed E-state index contributed by atoms with van der Waals surface area (Å²) in [5.41, 5.74) is 5.22. The molecule has 5 rings (SSSR count). The Kier molecular flexibility index (Phi) is 6.74. The number of ether oxygens (including phenoxy) is 1. The number of benzene rings is 3. The van der Waals surface area contributed by atoms with Gasteiger partial charge in [-0.1, -0.05) is 48.5 Å². The number of rotatable bonds is 3. The highest BCUT2D eigenvalue weighted by Gasteiger charge is 2.24. The van der Waals surface area contributed by atoms with Crippen LogP contribution in [0.2, 0.25) is 0 Å². The lowest BCUT2D eigenvalue weighted by molar-refractivity contribution is 0.210. The second kappa shape index (κ2) is 10.0. The zero-order chi connectivity index (χ0) is 27.8. The maximum absolute atomic E-state index is 13.2. The van der Waals surface area contributed by atoms with E-state index in [0.29, 0.717) is 17.9 Å². The van der Waals surface area contributed by atoms with Gasteiger partial charge in [-0.05, 0) is 68.1 Å². The molecule has 8 nitrogen and oxygen atoms in total. The average molecular weight is 540 g/mol. The van der Waals surface area contributed by atoms with Crippen molar-refractivity contribution in [1.82, 2.24) is 9.97 Å². The van der Waals surface area contributed by atoms with E-state index in [0.717, 1.165) is 27.8 Å². The summed E-state index contributed by atoms with van der Waals surface area (Å²) in [6.45, 7) is 8.06. The Morgan fingerprint density at radius 2 is 1.67 bits per heavy atom. The molecule has 0 fully saturated rings. The molecule has 39 heavy (non-hydrogen) atoms. The molecule has 4 bridgehead atoms. The van der Waals surface area contributed by atoms with E-state index in [9.17, 15) is 13.7 Å². The van der Waals surface area contributed by atoms with E-state index < -0.39 is 21.5 Å². The molecule has 9 heteroatoms. The van der Waals surface area contributed by atoms with Gasteiger partial charge in [0.25, 0.3) is 10.0 Å². The lowest BCUT2D eigenvalue weighted by atomic mass is 9.86. The summed E-state index contributed by atoms with van der Waals surface area (Å²) < 4.78 is 35.4. The Labute approximate surface area is 228 Å². The van der Waals surface area contributed by atoms with E-state index in [4.69, 9.17) is 4.74 Å². The first kappa shape index (κ1) is 26.2. The van der Waals surface area contributed by atoms with Gasteiger partial charge in [-0.15, -0.1) is 0 Å². The third kappa shape index (κ3) is 5.42. The quantitative estimate of drug-likeness (QED) is 0.332. The fraction of sp³-hybridized carbons (Fsp3) is 0.233. The number of aromatic nitrogens is 2. The number of nitrogens with one attached hydrogen (secondary N) is 2. The van der Waals surface area contributed by atoms with E-state index >= 15 is 0 Å². The van der Waals surface area contributed by atoms with Crippen molar-refractivity contribution in [3.05, 3.63) is 95.1 Å². The van der Waals surface area contributed by atoms with E-state index in [1.54, 1.807) is 24.3 Å². The molecule has 1 unspecified atom stereocenters. The van der Waals surface area contributed by atoms with Crippen molar-refractivity contribution in [1.29, 1.82) is 5.26 Å². The Morgan fingerprint density at radius 1 is 0.974 bits per heavy atom. The first-order chi connectivity index (χ1) is 18.6. The van der Waals surface area contributed by atoms with Gasteiger partial charge in [0.05, 0.1) is 28.6 Å². The second-order valence-electron chi connectivity index (χ2n) is 10.2. The maximum atomic E-state index is 13.2.